The van der Waals surface area contributed by atoms with Crippen LogP contribution < -0.4 is 10.0 Å². The molecule has 2 N–H and O–H groups in total. The zero-order valence-electron chi connectivity index (χ0n) is 15.0. The van der Waals surface area contributed by atoms with Crippen LogP contribution >= 0.6 is 0 Å². The molecule has 25 heavy (non-hydrogen) atoms. The van der Waals surface area contributed by atoms with Crippen molar-refractivity contribution >= 4 is 21.6 Å². The minimum absolute atomic E-state index is 0.0677. The van der Waals surface area contributed by atoms with Gasteiger partial charge in [-0.3, -0.25) is 9.52 Å². The molecule has 0 fully saturated rings. The summed E-state index contributed by atoms with van der Waals surface area (Å²) in [5.74, 6) is -0.183. The number of aryl methyl sites for hydroxylation is 2. The molecule has 0 bridgehead atoms. The van der Waals surface area contributed by atoms with Crippen molar-refractivity contribution in [3.05, 3.63) is 64.7 Å². The second-order valence-corrected chi connectivity index (χ2v) is 7.99. The molecule has 0 saturated heterocycles. The average Bonchev–Trinajstić information content (AvgIpc) is 2.52. The maximum absolute atomic E-state index is 12.5. The molecule has 2 rings (SSSR count). The van der Waals surface area contributed by atoms with Crippen LogP contribution in [-0.2, 0) is 10.0 Å². The van der Waals surface area contributed by atoms with Crippen LogP contribution in [0, 0.1) is 13.8 Å². The minimum atomic E-state index is -3.33. The van der Waals surface area contributed by atoms with Crippen LogP contribution in [0.15, 0.2) is 42.5 Å². The first-order valence-corrected chi connectivity index (χ1v) is 10.0. The van der Waals surface area contributed by atoms with Gasteiger partial charge in [-0.1, -0.05) is 30.7 Å². The van der Waals surface area contributed by atoms with Gasteiger partial charge in [0.2, 0.25) is 10.0 Å². The Hall–Kier alpha value is -2.34. The topological polar surface area (TPSA) is 75.3 Å². The Bertz CT molecular complexity index is 859. The van der Waals surface area contributed by atoms with Gasteiger partial charge in [-0.25, -0.2) is 8.42 Å². The van der Waals surface area contributed by atoms with Crippen LogP contribution in [-0.4, -0.2) is 20.6 Å². The van der Waals surface area contributed by atoms with Gasteiger partial charge in [-0.05, 0) is 55.7 Å². The monoisotopic (exact) mass is 360 g/mol. The van der Waals surface area contributed by atoms with E-state index in [-0.39, 0.29) is 11.9 Å². The number of benzene rings is 2. The van der Waals surface area contributed by atoms with Crippen LogP contribution in [0.5, 0.6) is 0 Å². The lowest BCUT2D eigenvalue weighted by atomic mass is 9.97. The van der Waals surface area contributed by atoms with E-state index in [0.717, 1.165) is 23.8 Å². The number of amides is 1. The Morgan fingerprint density at radius 3 is 2.24 bits per heavy atom. The Morgan fingerprint density at radius 1 is 1.08 bits per heavy atom. The predicted molar refractivity (Wildman–Crippen MR) is 101 cm³/mol. The lowest BCUT2D eigenvalue weighted by Gasteiger charge is -2.20. The maximum Gasteiger partial charge on any atom is 0.251 e. The summed E-state index contributed by atoms with van der Waals surface area (Å²) < 4.78 is 24.8. The molecule has 6 heteroatoms. The third-order valence-corrected chi connectivity index (χ3v) is 4.57. The quantitative estimate of drug-likeness (QED) is 0.827. The number of anilines is 1. The summed E-state index contributed by atoms with van der Waals surface area (Å²) in [6.07, 6.45) is 1.87. The molecule has 134 valence electrons. The second-order valence-electron chi connectivity index (χ2n) is 6.25. The third kappa shape index (κ3) is 5.32. The molecule has 0 aromatic heterocycles. The molecule has 0 aliphatic heterocycles. The van der Waals surface area contributed by atoms with Crippen molar-refractivity contribution in [3.63, 3.8) is 0 Å². The molecule has 0 aliphatic carbocycles. The number of carbonyl (C=O) groups excluding carboxylic acids is 1. The van der Waals surface area contributed by atoms with Crippen LogP contribution in [0.2, 0.25) is 0 Å². The molecule has 0 spiro atoms. The minimum Gasteiger partial charge on any atom is -0.345 e. The van der Waals surface area contributed by atoms with E-state index >= 15 is 0 Å². The van der Waals surface area contributed by atoms with Gasteiger partial charge in [-0.15, -0.1) is 0 Å². The highest BCUT2D eigenvalue weighted by molar-refractivity contribution is 7.92. The van der Waals surface area contributed by atoms with Crippen molar-refractivity contribution in [1.29, 1.82) is 0 Å². The molecule has 0 aliphatic rings. The Balaban J connectivity index is 2.14. The number of hydrogen-bond donors (Lipinski definition) is 2. The standard InChI is InChI=1S/C19H24N2O3S/c1-5-18(17-11-6-13(2)12-14(17)3)20-19(22)15-7-9-16(10-8-15)21-25(4,23)24/h6-12,18,21H,5H2,1-4H3,(H,20,22)/t18-/m0/s1. The molecule has 2 aromatic carbocycles. The van der Waals surface area contributed by atoms with Gasteiger partial charge >= 0.3 is 0 Å². The van der Waals surface area contributed by atoms with E-state index in [4.69, 9.17) is 0 Å². The molecule has 0 unspecified atom stereocenters. The van der Waals surface area contributed by atoms with Crippen molar-refractivity contribution in [1.82, 2.24) is 5.32 Å². The number of sulfonamides is 1. The van der Waals surface area contributed by atoms with E-state index in [1.54, 1.807) is 24.3 Å². The zero-order chi connectivity index (χ0) is 18.6. The van der Waals surface area contributed by atoms with Crippen LogP contribution in [0.3, 0.4) is 0 Å². The SMILES string of the molecule is CC[C@H](NC(=O)c1ccc(NS(C)(=O)=O)cc1)c1ccc(C)cc1C. The maximum atomic E-state index is 12.5. The summed E-state index contributed by atoms with van der Waals surface area (Å²) >= 11 is 0. The molecule has 0 heterocycles. The molecule has 0 radical (unpaired) electrons. The van der Waals surface area contributed by atoms with E-state index in [9.17, 15) is 13.2 Å². The van der Waals surface area contributed by atoms with Crippen molar-refractivity contribution < 1.29 is 13.2 Å². The smallest absolute Gasteiger partial charge is 0.251 e. The zero-order valence-corrected chi connectivity index (χ0v) is 15.8. The van der Waals surface area contributed by atoms with E-state index in [0.29, 0.717) is 11.3 Å². The molecule has 1 amide bonds. The largest absolute Gasteiger partial charge is 0.345 e. The lowest BCUT2D eigenvalue weighted by molar-refractivity contribution is 0.0935. The molecule has 2 aromatic rings. The molecule has 1 atom stereocenters. The highest BCUT2D eigenvalue weighted by Crippen LogP contribution is 2.22. The number of hydrogen-bond acceptors (Lipinski definition) is 3. The molecular formula is C19H24N2O3S. The highest BCUT2D eigenvalue weighted by atomic mass is 32.2. The van der Waals surface area contributed by atoms with Gasteiger partial charge in [0.15, 0.2) is 0 Å². The fourth-order valence-corrected chi connectivity index (χ4v) is 3.33. The Morgan fingerprint density at radius 2 is 1.72 bits per heavy atom. The number of nitrogens with one attached hydrogen (secondary N) is 2. The molecule has 5 nitrogen and oxygen atoms in total. The van der Waals surface area contributed by atoms with Crippen molar-refractivity contribution in [2.45, 2.75) is 33.2 Å². The lowest BCUT2D eigenvalue weighted by Crippen LogP contribution is -2.28. The number of rotatable bonds is 6. The van der Waals surface area contributed by atoms with Crippen LogP contribution in [0.4, 0.5) is 5.69 Å². The normalized spacial score (nSPS) is 12.5. The summed E-state index contributed by atoms with van der Waals surface area (Å²) in [5.41, 5.74) is 4.37. The summed E-state index contributed by atoms with van der Waals surface area (Å²) in [4.78, 5) is 12.5. The van der Waals surface area contributed by atoms with E-state index < -0.39 is 10.0 Å². The van der Waals surface area contributed by atoms with Crippen LogP contribution in [0.25, 0.3) is 0 Å². The third-order valence-electron chi connectivity index (χ3n) is 3.96. The van der Waals surface area contributed by atoms with Crippen molar-refractivity contribution in [2.24, 2.45) is 0 Å². The first kappa shape index (κ1) is 19.0. The van der Waals surface area contributed by atoms with Crippen molar-refractivity contribution in [2.75, 3.05) is 11.0 Å². The summed E-state index contributed by atoms with van der Waals surface area (Å²) in [6.45, 7) is 6.12. The predicted octanol–water partition coefficient (Wildman–Crippen LogP) is 3.56. The average molecular weight is 360 g/mol. The van der Waals surface area contributed by atoms with Gasteiger partial charge in [0.1, 0.15) is 0 Å². The highest BCUT2D eigenvalue weighted by Gasteiger charge is 2.16. The van der Waals surface area contributed by atoms with E-state index in [1.807, 2.05) is 26.8 Å². The van der Waals surface area contributed by atoms with Gasteiger partial charge in [0, 0.05) is 11.3 Å². The van der Waals surface area contributed by atoms with Gasteiger partial charge in [-0.2, -0.15) is 0 Å². The van der Waals surface area contributed by atoms with Crippen LogP contribution in [0.1, 0.15) is 46.4 Å². The van der Waals surface area contributed by atoms with E-state index in [2.05, 4.69) is 22.2 Å². The first-order valence-electron chi connectivity index (χ1n) is 8.15. The van der Waals surface area contributed by atoms with Gasteiger partial charge < -0.3 is 5.32 Å². The Labute approximate surface area is 149 Å². The second kappa shape index (κ2) is 7.70. The molecular weight excluding hydrogens is 336 g/mol. The summed E-state index contributed by atoms with van der Waals surface area (Å²) in [7, 11) is -3.33. The fraction of sp³-hybridized carbons (Fsp3) is 0.316. The fourth-order valence-electron chi connectivity index (χ4n) is 2.76. The summed E-state index contributed by atoms with van der Waals surface area (Å²) in [5, 5.41) is 3.05. The first-order chi connectivity index (χ1) is 11.7. The van der Waals surface area contributed by atoms with Gasteiger partial charge in [0.05, 0.1) is 12.3 Å². The molecule has 0 saturated carbocycles. The van der Waals surface area contributed by atoms with Crippen molar-refractivity contribution in [3.8, 4) is 0 Å². The number of carbonyl (C=O) groups is 1. The van der Waals surface area contributed by atoms with Gasteiger partial charge in [0.25, 0.3) is 5.91 Å². The van der Waals surface area contributed by atoms with E-state index in [1.165, 1.54) is 5.56 Å². The summed E-state index contributed by atoms with van der Waals surface area (Å²) in [6, 6.07) is 12.5. The Kier molecular flexibility index (Phi) is 5.85.